The van der Waals surface area contributed by atoms with Gasteiger partial charge in [-0.3, -0.25) is 0 Å². The molecule has 1 aliphatic rings. The summed E-state index contributed by atoms with van der Waals surface area (Å²) >= 11 is 1.88. The quantitative estimate of drug-likeness (QED) is 0.527. The number of nitrogens with one attached hydrogen (secondary N) is 1. The lowest BCUT2D eigenvalue weighted by Gasteiger charge is -2.33. The Morgan fingerprint density at radius 3 is 2.39 bits per heavy atom. The number of hydrogen-bond donors (Lipinski definition) is 1. The maximum absolute atomic E-state index is 12.6. The van der Waals surface area contributed by atoms with Crippen molar-refractivity contribution >= 4 is 17.9 Å². The molecular weight excluding hydrogens is 308 g/mol. The Morgan fingerprint density at radius 1 is 1.17 bits per heavy atom. The molecule has 0 aromatic heterocycles. The van der Waals surface area contributed by atoms with Crippen LogP contribution in [-0.4, -0.2) is 54.3 Å². The van der Waals surface area contributed by atoms with E-state index in [-0.39, 0.29) is 6.09 Å². The zero-order valence-corrected chi connectivity index (χ0v) is 16.3. The third kappa shape index (κ3) is 9.46. The standard InChI is InChI=1S/C18H36N2O2S/c1-18(2,3)22-17(21)20(14-13-19-12-9-15-23-4)16-10-7-5-6-8-11-16/h16,19H,5-15H2,1-4H3. The minimum absolute atomic E-state index is 0.143. The van der Waals surface area contributed by atoms with Crippen molar-refractivity contribution < 1.29 is 9.53 Å². The maximum Gasteiger partial charge on any atom is 0.410 e. The van der Waals surface area contributed by atoms with Gasteiger partial charge in [-0.2, -0.15) is 11.8 Å². The molecule has 0 heterocycles. The first-order chi connectivity index (χ1) is 10.9. The molecule has 0 bridgehead atoms. The minimum atomic E-state index is -0.425. The molecule has 1 amide bonds. The highest BCUT2D eigenvalue weighted by Crippen LogP contribution is 2.23. The summed E-state index contributed by atoms with van der Waals surface area (Å²) in [6.45, 7) is 8.45. The van der Waals surface area contributed by atoms with Gasteiger partial charge in [0.1, 0.15) is 5.60 Å². The number of thioether (sulfide) groups is 1. The smallest absolute Gasteiger partial charge is 0.410 e. The van der Waals surface area contributed by atoms with Gasteiger partial charge in [0.2, 0.25) is 0 Å². The van der Waals surface area contributed by atoms with E-state index in [1.165, 1.54) is 37.9 Å². The van der Waals surface area contributed by atoms with Crippen LogP contribution in [0.25, 0.3) is 0 Å². The predicted molar refractivity (Wildman–Crippen MR) is 100 cm³/mol. The molecule has 1 aliphatic carbocycles. The zero-order chi connectivity index (χ0) is 17.1. The minimum Gasteiger partial charge on any atom is -0.444 e. The molecule has 23 heavy (non-hydrogen) atoms. The van der Waals surface area contributed by atoms with Gasteiger partial charge < -0.3 is 15.0 Å². The highest BCUT2D eigenvalue weighted by Gasteiger charge is 2.28. The predicted octanol–water partition coefficient (Wildman–Crippen LogP) is 4.29. The Morgan fingerprint density at radius 2 is 1.83 bits per heavy atom. The van der Waals surface area contributed by atoms with Crippen LogP contribution in [-0.2, 0) is 4.74 Å². The molecule has 4 nitrogen and oxygen atoms in total. The molecular formula is C18H36N2O2S. The van der Waals surface area contributed by atoms with Gasteiger partial charge >= 0.3 is 6.09 Å². The summed E-state index contributed by atoms with van der Waals surface area (Å²) in [5.41, 5.74) is -0.425. The summed E-state index contributed by atoms with van der Waals surface area (Å²) in [4.78, 5) is 14.6. The second kappa shape index (κ2) is 11.2. The maximum atomic E-state index is 12.6. The second-order valence-corrected chi connectivity index (χ2v) is 8.40. The number of carbonyl (C=O) groups is 1. The van der Waals surface area contributed by atoms with Gasteiger partial charge in [0.05, 0.1) is 0 Å². The summed E-state index contributed by atoms with van der Waals surface area (Å²) in [6.07, 6.45) is 10.5. The van der Waals surface area contributed by atoms with Crippen LogP contribution in [0.3, 0.4) is 0 Å². The van der Waals surface area contributed by atoms with E-state index in [0.717, 1.165) is 32.5 Å². The van der Waals surface area contributed by atoms with E-state index in [2.05, 4.69) is 11.6 Å². The fourth-order valence-electron chi connectivity index (χ4n) is 2.98. The number of rotatable bonds is 8. The van der Waals surface area contributed by atoms with Gasteiger partial charge in [-0.05, 0) is 58.6 Å². The van der Waals surface area contributed by atoms with Crippen molar-refractivity contribution in [2.75, 3.05) is 31.6 Å². The molecule has 136 valence electrons. The van der Waals surface area contributed by atoms with Crippen LogP contribution in [0.5, 0.6) is 0 Å². The van der Waals surface area contributed by atoms with Crippen molar-refractivity contribution in [2.45, 2.75) is 77.4 Å². The first-order valence-electron chi connectivity index (χ1n) is 9.13. The third-order valence-electron chi connectivity index (χ3n) is 4.12. The number of hydrogen-bond acceptors (Lipinski definition) is 4. The summed E-state index contributed by atoms with van der Waals surface area (Å²) in [5, 5.41) is 3.46. The lowest BCUT2D eigenvalue weighted by Crippen LogP contribution is -2.46. The molecule has 0 saturated heterocycles. The molecule has 1 rings (SSSR count). The summed E-state index contributed by atoms with van der Waals surface area (Å²) < 4.78 is 5.65. The monoisotopic (exact) mass is 344 g/mol. The third-order valence-corrected chi connectivity index (χ3v) is 4.82. The van der Waals surface area contributed by atoms with Crippen LogP contribution < -0.4 is 5.32 Å². The normalized spacial score (nSPS) is 16.9. The average molecular weight is 345 g/mol. The van der Waals surface area contributed by atoms with Gasteiger partial charge in [0.15, 0.2) is 0 Å². The topological polar surface area (TPSA) is 41.6 Å². The van der Waals surface area contributed by atoms with Crippen LogP contribution >= 0.6 is 11.8 Å². The lowest BCUT2D eigenvalue weighted by atomic mass is 10.1. The van der Waals surface area contributed by atoms with E-state index in [4.69, 9.17) is 4.74 Å². The SMILES string of the molecule is CSCCCNCCN(C(=O)OC(C)(C)C)C1CCCCCC1. The van der Waals surface area contributed by atoms with Gasteiger partial charge in [-0.15, -0.1) is 0 Å². The second-order valence-electron chi connectivity index (χ2n) is 7.42. The fraction of sp³-hybridized carbons (Fsp3) is 0.944. The largest absolute Gasteiger partial charge is 0.444 e. The molecule has 1 fully saturated rings. The highest BCUT2D eigenvalue weighted by atomic mass is 32.2. The Kier molecular flexibility index (Phi) is 10.0. The highest BCUT2D eigenvalue weighted by molar-refractivity contribution is 7.98. The van der Waals surface area contributed by atoms with E-state index in [1.807, 2.05) is 37.4 Å². The Hall–Kier alpha value is -0.420. The van der Waals surface area contributed by atoms with E-state index in [0.29, 0.717) is 6.04 Å². The average Bonchev–Trinajstić information content (AvgIpc) is 2.73. The van der Waals surface area contributed by atoms with Crippen LogP contribution in [0.1, 0.15) is 65.7 Å². The molecule has 5 heteroatoms. The lowest BCUT2D eigenvalue weighted by molar-refractivity contribution is 0.0147. The summed E-state index contributed by atoms with van der Waals surface area (Å²) in [6, 6.07) is 0.348. The van der Waals surface area contributed by atoms with E-state index in [9.17, 15) is 4.79 Å². The van der Waals surface area contributed by atoms with Gasteiger partial charge in [0, 0.05) is 19.1 Å². The van der Waals surface area contributed by atoms with E-state index < -0.39 is 5.60 Å². The van der Waals surface area contributed by atoms with E-state index >= 15 is 0 Å². The first-order valence-corrected chi connectivity index (χ1v) is 10.5. The molecule has 0 radical (unpaired) electrons. The van der Waals surface area contributed by atoms with Crippen molar-refractivity contribution in [3.05, 3.63) is 0 Å². The van der Waals surface area contributed by atoms with Crippen molar-refractivity contribution in [3.8, 4) is 0 Å². The number of amides is 1. The Balaban J connectivity index is 2.51. The molecule has 1 N–H and O–H groups in total. The van der Waals surface area contributed by atoms with Crippen molar-refractivity contribution in [1.82, 2.24) is 10.2 Å². The Labute approximate surface area is 147 Å². The van der Waals surface area contributed by atoms with Gasteiger partial charge in [0.25, 0.3) is 0 Å². The van der Waals surface area contributed by atoms with Crippen molar-refractivity contribution in [3.63, 3.8) is 0 Å². The molecule has 0 atom stereocenters. The molecule has 0 aromatic carbocycles. The Bertz CT molecular complexity index is 323. The van der Waals surface area contributed by atoms with Gasteiger partial charge in [-0.25, -0.2) is 4.79 Å². The molecule has 1 saturated carbocycles. The number of nitrogens with zero attached hydrogens (tertiary/aromatic N) is 1. The van der Waals surface area contributed by atoms with Crippen molar-refractivity contribution in [2.24, 2.45) is 0 Å². The first kappa shape index (κ1) is 20.6. The molecule has 0 aliphatic heterocycles. The molecule has 0 unspecified atom stereocenters. The zero-order valence-electron chi connectivity index (χ0n) is 15.5. The van der Waals surface area contributed by atoms with Crippen molar-refractivity contribution in [1.29, 1.82) is 0 Å². The molecule has 0 spiro atoms. The van der Waals surface area contributed by atoms with Gasteiger partial charge in [-0.1, -0.05) is 25.7 Å². The van der Waals surface area contributed by atoms with Crippen LogP contribution in [0.15, 0.2) is 0 Å². The van der Waals surface area contributed by atoms with Crippen LogP contribution in [0.2, 0.25) is 0 Å². The fourth-order valence-corrected chi connectivity index (χ4v) is 3.41. The van der Waals surface area contributed by atoms with E-state index in [1.54, 1.807) is 0 Å². The summed E-state index contributed by atoms with van der Waals surface area (Å²) in [5.74, 6) is 1.19. The molecule has 0 aromatic rings. The van der Waals surface area contributed by atoms with Crippen LogP contribution in [0, 0.1) is 0 Å². The summed E-state index contributed by atoms with van der Waals surface area (Å²) in [7, 11) is 0. The van der Waals surface area contributed by atoms with Crippen LogP contribution in [0.4, 0.5) is 4.79 Å². The number of ether oxygens (including phenoxy) is 1. The number of carbonyl (C=O) groups excluding carboxylic acids is 1.